The minimum absolute atomic E-state index is 0.00419. The largest absolute Gasteiger partial charge is 0.449 e. The Hall–Kier alpha value is -2.84. The van der Waals surface area contributed by atoms with Gasteiger partial charge in [-0.2, -0.15) is 0 Å². The third-order valence-corrected chi connectivity index (χ3v) is 4.47. The third-order valence-electron chi connectivity index (χ3n) is 3.91. The molecule has 2 aromatic carbocycles. The van der Waals surface area contributed by atoms with Crippen molar-refractivity contribution < 1.29 is 19.2 Å². The highest BCUT2D eigenvalue weighted by molar-refractivity contribution is 6.35. The van der Waals surface area contributed by atoms with Crippen LogP contribution in [0.5, 0.6) is 0 Å². The molecule has 0 bridgehead atoms. The van der Waals surface area contributed by atoms with E-state index >= 15 is 0 Å². The first-order valence-corrected chi connectivity index (χ1v) is 8.86. The number of nitrogens with one attached hydrogen (secondary N) is 1. The molecular formula is C18H17Cl2N3O5. The molecule has 0 saturated carbocycles. The summed E-state index contributed by atoms with van der Waals surface area (Å²) in [5.41, 5.74) is 5.81. The van der Waals surface area contributed by atoms with Crippen LogP contribution in [0.25, 0.3) is 0 Å². The van der Waals surface area contributed by atoms with Crippen molar-refractivity contribution in [1.82, 2.24) is 5.32 Å². The van der Waals surface area contributed by atoms with Crippen molar-refractivity contribution in [2.24, 2.45) is 0 Å². The molecule has 0 fully saturated rings. The highest BCUT2D eigenvalue weighted by atomic mass is 35.5. The number of non-ortho nitro benzene ring substituents is 1. The van der Waals surface area contributed by atoms with Gasteiger partial charge in [-0.25, -0.2) is 4.79 Å². The molecule has 2 aromatic rings. The molecule has 2 unspecified atom stereocenters. The average molecular weight is 426 g/mol. The van der Waals surface area contributed by atoms with E-state index in [-0.39, 0.29) is 16.9 Å². The predicted molar refractivity (Wildman–Crippen MR) is 105 cm³/mol. The van der Waals surface area contributed by atoms with Crippen molar-refractivity contribution in [1.29, 1.82) is 0 Å². The van der Waals surface area contributed by atoms with Crippen molar-refractivity contribution >= 4 is 46.5 Å². The van der Waals surface area contributed by atoms with Crippen LogP contribution in [0.4, 0.5) is 11.4 Å². The van der Waals surface area contributed by atoms with E-state index in [1.807, 2.05) is 0 Å². The summed E-state index contributed by atoms with van der Waals surface area (Å²) in [6, 6.07) is 7.79. The summed E-state index contributed by atoms with van der Waals surface area (Å²) in [6.07, 6.45) is -1.17. The zero-order valence-electron chi connectivity index (χ0n) is 14.9. The zero-order valence-corrected chi connectivity index (χ0v) is 16.5. The fraction of sp³-hybridized carbons (Fsp3) is 0.222. The van der Waals surface area contributed by atoms with Crippen LogP contribution in [0.3, 0.4) is 0 Å². The zero-order chi connectivity index (χ0) is 21.0. The van der Waals surface area contributed by atoms with Crippen LogP contribution in [0, 0.1) is 10.1 Å². The second kappa shape index (κ2) is 8.90. The van der Waals surface area contributed by atoms with Gasteiger partial charge in [0, 0.05) is 27.9 Å². The monoisotopic (exact) mass is 425 g/mol. The van der Waals surface area contributed by atoms with Crippen molar-refractivity contribution in [3.63, 3.8) is 0 Å². The van der Waals surface area contributed by atoms with Crippen molar-refractivity contribution in [3.8, 4) is 0 Å². The van der Waals surface area contributed by atoms with E-state index in [4.69, 9.17) is 33.7 Å². The summed E-state index contributed by atoms with van der Waals surface area (Å²) in [4.78, 5) is 34.8. The topological polar surface area (TPSA) is 125 Å². The molecule has 0 aromatic heterocycles. The number of hydrogen-bond donors (Lipinski definition) is 2. The first-order valence-electron chi connectivity index (χ1n) is 8.10. The van der Waals surface area contributed by atoms with Crippen molar-refractivity contribution in [2.45, 2.75) is 26.0 Å². The number of rotatable bonds is 6. The lowest BCUT2D eigenvalue weighted by Crippen LogP contribution is -2.37. The number of amides is 1. The maximum atomic E-state index is 12.3. The number of nitrogens with two attached hydrogens (primary N) is 1. The number of nitro groups is 1. The van der Waals surface area contributed by atoms with Crippen LogP contribution >= 0.6 is 23.2 Å². The molecule has 10 heteroatoms. The van der Waals surface area contributed by atoms with E-state index in [9.17, 15) is 19.7 Å². The Kier molecular flexibility index (Phi) is 6.82. The lowest BCUT2D eigenvalue weighted by Gasteiger charge is -2.19. The highest BCUT2D eigenvalue weighted by Gasteiger charge is 2.24. The summed E-state index contributed by atoms with van der Waals surface area (Å²) in [5, 5.41) is 14.4. The summed E-state index contributed by atoms with van der Waals surface area (Å²) in [7, 11) is 0. The molecule has 2 rings (SSSR count). The smallest absolute Gasteiger partial charge is 0.341 e. The number of nitro benzene ring substituents is 1. The Labute approximate surface area is 170 Å². The number of carbonyl (C=O) groups is 2. The number of anilines is 1. The molecule has 0 aliphatic carbocycles. The molecule has 0 heterocycles. The average Bonchev–Trinajstić information content (AvgIpc) is 2.61. The number of halogens is 2. The van der Waals surface area contributed by atoms with Gasteiger partial charge in [-0.1, -0.05) is 29.3 Å². The van der Waals surface area contributed by atoms with Gasteiger partial charge in [0.2, 0.25) is 0 Å². The third kappa shape index (κ3) is 5.11. The van der Waals surface area contributed by atoms with E-state index in [0.29, 0.717) is 15.6 Å². The van der Waals surface area contributed by atoms with E-state index in [1.165, 1.54) is 19.1 Å². The second-order valence-corrected chi connectivity index (χ2v) is 6.82. The fourth-order valence-corrected chi connectivity index (χ4v) is 2.95. The van der Waals surface area contributed by atoms with Crippen molar-refractivity contribution in [2.75, 3.05) is 5.73 Å². The second-order valence-electron chi connectivity index (χ2n) is 5.97. The highest BCUT2D eigenvalue weighted by Crippen LogP contribution is 2.26. The van der Waals surface area contributed by atoms with Gasteiger partial charge in [-0.15, -0.1) is 0 Å². The molecule has 28 heavy (non-hydrogen) atoms. The number of benzene rings is 2. The summed E-state index contributed by atoms with van der Waals surface area (Å²) in [6.45, 7) is 3.08. The fourth-order valence-electron chi connectivity index (χ4n) is 2.37. The van der Waals surface area contributed by atoms with Gasteiger partial charge in [0.15, 0.2) is 6.10 Å². The summed E-state index contributed by atoms with van der Waals surface area (Å²) < 4.78 is 5.09. The van der Waals surface area contributed by atoms with Crippen LogP contribution in [0.1, 0.15) is 35.8 Å². The number of ether oxygens (including phenoxy) is 1. The Morgan fingerprint density at radius 1 is 1.18 bits per heavy atom. The van der Waals surface area contributed by atoms with Crippen LogP contribution in [-0.4, -0.2) is 22.9 Å². The number of esters is 1. The Balaban J connectivity index is 2.06. The van der Waals surface area contributed by atoms with Crippen molar-refractivity contribution in [3.05, 3.63) is 67.7 Å². The van der Waals surface area contributed by atoms with E-state index in [2.05, 4.69) is 5.32 Å². The van der Waals surface area contributed by atoms with Gasteiger partial charge < -0.3 is 15.8 Å². The lowest BCUT2D eigenvalue weighted by molar-refractivity contribution is -0.384. The molecule has 0 saturated heterocycles. The van der Waals surface area contributed by atoms with E-state index in [1.54, 1.807) is 25.1 Å². The maximum absolute atomic E-state index is 12.3. The molecule has 0 radical (unpaired) electrons. The Morgan fingerprint density at radius 2 is 1.86 bits per heavy atom. The molecule has 148 valence electrons. The summed E-state index contributed by atoms with van der Waals surface area (Å²) in [5.74, 6) is -1.52. The number of nitrogen functional groups attached to an aromatic ring is 1. The number of carbonyl (C=O) groups excluding carboxylic acids is 2. The number of nitrogens with zero attached hydrogens (tertiary/aromatic N) is 1. The van der Waals surface area contributed by atoms with Gasteiger partial charge in [-0.05, 0) is 37.6 Å². The normalized spacial score (nSPS) is 12.7. The number of hydrogen-bond acceptors (Lipinski definition) is 6. The molecule has 0 spiro atoms. The lowest BCUT2D eigenvalue weighted by atomic mass is 10.1. The molecule has 8 nitrogen and oxygen atoms in total. The Bertz CT molecular complexity index is 935. The first-order chi connectivity index (χ1) is 13.1. The minimum Gasteiger partial charge on any atom is -0.449 e. The van der Waals surface area contributed by atoms with Gasteiger partial charge in [-0.3, -0.25) is 14.9 Å². The molecule has 1 amide bonds. The van der Waals surface area contributed by atoms with Gasteiger partial charge in [0.1, 0.15) is 0 Å². The van der Waals surface area contributed by atoms with E-state index in [0.717, 1.165) is 6.07 Å². The SMILES string of the molecule is CC(OC(=O)c1cc([N+](=O)[O-])ccc1N)C(=O)NC(C)c1ccc(Cl)cc1Cl. The van der Waals surface area contributed by atoms with Crippen LogP contribution < -0.4 is 11.1 Å². The molecule has 3 N–H and O–H groups in total. The van der Waals surface area contributed by atoms with Gasteiger partial charge in [0.25, 0.3) is 11.6 Å². The van der Waals surface area contributed by atoms with Gasteiger partial charge >= 0.3 is 5.97 Å². The van der Waals surface area contributed by atoms with Crippen LogP contribution in [0.2, 0.25) is 10.0 Å². The molecule has 2 atom stereocenters. The van der Waals surface area contributed by atoms with Crippen LogP contribution in [-0.2, 0) is 9.53 Å². The summed E-state index contributed by atoms with van der Waals surface area (Å²) >= 11 is 12.0. The molecular weight excluding hydrogens is 409 g/mol. The Morgan fingerprint density at radius 3 is 2.46 bits per heavy atom. The predicted octanol–water partition coefficient (Wildman–Crippen LogP) is 3.91. The minimum atomic E-state index is -1.17. The van der Waals surface area contributed by atoms with Crippen LogP contribution in [0.15, 0.2) is 36.4 Å². The first kappa shape index (κ1) is 21.5. The molecule has 0 aliphatic heterocycles. The standard InChI is InChI=1S/C18H17Cl2N3O5/c1-9(13-5-3-11(19)7-15(13)20)22-17(24)10(2)28-18(25)14-8-12(23(26)27)4-6-16(14)21/h3-10H,21H2,1-2H3,(H,22,24). The molecule has 0 aliphatic rings. The quantitative estimate of drug-likeness (QED) is 0.312. The van der Waals surface area contributed by atoms with E-state index < -0.39 is 28.9 Å². The van der Waals surface area contributed by atoms with Gasteiger partial charge in [0.05, 0.1) is 16.5 Å². The maximum Gasteiger partial charge on any atom is 0.341 e.